The number of hydrogen-bond donors (Lipinski definition) is 4. The first-order valence-corrected chi connectivity index (χ1v) is 26.0. The van der Waals surface area contributed by atoms with E-state index < -0.39 is 287 Å². The molecule has 0 heterocycles. The second-order valence-electron chi connectivity index (χ2n) is 18.7. The molecule has 8 aromatic rings. The molecule has 568 valence electrons. The van der Waals surface area contributed by atoms with Gasteiger partial charge in [0, 0.05) is 11.1 Å². The third-order valence-electron chi connectivity index (χ3n) is 12.7. The van der Waals surface area contributed by atoms with Gasteiger partial charge in [0.15, 0.2) is 58.0 Å². The average Bonchev–Trinajstić information content (AvgIpc) is 0.766. The number of benzene rings is 8. The lowest BCUT2D eigenvalue weighted by atomic mass is 10.1. The SMILES string of the molecule is C.CCN(CC)CC.Cc1c(F)c(F)c(C)c(F)c1F.Nc1c(F)c(F)c(Oc2c(F)c(F)c(F)c(Oc3c(F)c(F)c(N)c(F)c3F)c2F)c(F)c1F.O=[N+]([O-])c1c(F)c(F)c(Oc2c(F)c(F)c(F)c(Oc3c(F)c(F)c([N+](=O)[O-])c(F)c3F)c2F)c(F)c1F.Oc1c(F)c(O)c(F)c(F)c1F. The second kappa shape index (κ2) is 34.1. The molecule has 6 N–H and O–H groups in total. The summed E-state index contributed by atoms with van der Waals surface area (Å²) in [5.74, 6) is -101. The summed E-state index contributed by atoms with van der Waals surface area (Å²) in [5.41, 5.74) is -0.170. The molecule has 8 aromatic carbocycles. The zero-order chi connectivity index (χ0) is 79.4. The normalized spacial score (nSPS) is 10.8. The molecular formula is C57H31F32N5O10. The van der Waals surface area contributed by atoms with Crippen LogP contribution in [-0.4, -0.2) is 44.6 Å². The van der Waals surface area contributed by atoms with E-state index in [0.717, 1.165) is 13.8 Å². The molecule has 0 saturated carbocycles. The summed E-state index contributed by atoms with van der Waals surface area (Å²) in [5, 5.41) is 37.9. The van der Waals surface area contributed by atoms with E-state index in [-0.39, 0.29) is 7.43 Å². The number of nitro benzene ring substituents is 2. The van der Waals surface area contributed by atoms with E-state index in [0.29, 0.717) is 0 Å². The Labute approximate surface area is 554 Å². The lowest BCUT2D eigenvalue weighted by Crippen LogP contribution is -2.21. The first kappa shape index (κ1) is 86.9. The number of hydrogen-bond acceptors (Lipinski definition) is 13. The van der Waals surface area contributed by atoms with Gasteiger partial charge in [-0.2, -0.15) is 92.2 Å². The summed E-state index contributed by atoms with van der Waals surface area (Å²) >= 11 is 0. The first-order chi connectivity index (χ1) is 47.5. The molecule has 47 heteroatoms. The third kappa shape index (κ3) is 16.4. The molecule has 0 amide bonds. The highest BCUT2D eigenvalue weighted by molar-refractivity contribution is 5.54. The van der Waals surface area contributed by atoms with Crippen LogP contribution < -0.4 is 30.4 Å². The van der Waals surface area contributed by atoms with E-state index in [1.54, 1.807) is 0 Å². The highest BCUT2D eigenvalue weighted by atomic mass is 19.2. The van der Waals surface area contributed by atoms with Crippen molar-refractivity contribution in [2.75, 3.05) is 31.1 Å². The maximum atomic E-state index is 14.7. The van der Waals surface area contributed by atoms with Gasteiger partial charge in [-0.05, 0) is 33.5 Å². The third-order valence-corrected chi connectivity index (χ3v) is 12.7. The molecule has 0 saturated heterocycles. The van der Waals surface area contributed by atoms with Gasteiger partial charge in [-0.25, -0.2) is 48.3 Å². The maximum Gasteiger partial charge on any atom is 0.346 e. The highest BCUT2D eigenvalue weighted by Crippen LogP contribution is 2.47. The summed E-state index contributed by atoms with van der Waals surface area (Å²) in [7, 11) is 0. The van der Waals surface area contributed by atoms with E-state index in [2.05, 4.69) is 44.6 Å². The molecule has 0 atom stereocenters. The van der Waals surface area contributed by atoms with Crippen LogP contribution in [0.1, 0.15) is 39.3 Å². The Morgan fingerprint density at radius 2 is 0.442 bits per heavy atom. The minimum Gasteiger partial charge on any atom is -0.503 e. The van der Waals surface area contributed by atoms with E-state index in [4.69, 9.17) is 21.7 Å². The van der Waals surface area contributed by atoms with Crippen molar-refractivity contribution in [3.05, 3.63) is 218 Å². The topological polar surface area (TPSA) is 219 Å². The second-order valence-corrected chi connectivity index (χ2v) is 18.7. The van der Waals surface area contributed by atoms with Gasteiger partial charge >= 0.3 is 11.4 Å². The molecular weight excluding hydrogens is 1520 g/mol. The number of anilines is 2. The number of nitro groups is 2. The molecule has 15 nitrogen and oxygen atoms in total. The van der Waals surface area contributed by atoms with Gasteiger partial charge in [0.05, 0.1) is 9.85 Å². The Balaban J connectivity index is 0.000000382. The van der Waals surface area contributed by atoms with Gasteiger partial charge < -0.3 is 45.5 Å². The van der Waals surface area contributed by atoms with Crippen LogP contribution in [0.2, 0.25) is 0 Å². The minimum absolute atomic E-state index is 0. The predicted molar refractivity (Wildman–Crippen MR) is 286 cm³/mol. The minimum atomic E-state index is -2.94. The van der Waals surface area contributed by atoms with Crippen molar-refractivity contribution in [1.82, 2.24) is 4.90 Å². The number of aromatic hydroxyl groups is 2. The van der Waals surface area contributed by atoms with Gasteiger partial charge in [-0.3, -0.25) is 20.2 Å². The average molecular weight is 1550 g/mol. The van der Waals surface area contributed by atoms with Crippen LogP contribution in [0.4, 0.5) is 163 Å². The molecule has 0 aliphatic rings. The number of nitrogens with two attached hydrogens (primary N) is 2. The number of nitrogen functional groups attached to an aromatic ring is 2. The molecule has 0 aliphatic carbocycles. The molecule has 0 unspecified atom stereocenters. The number of nitrogens with zero attached hydrogens (tertiary/aromatic N) is 3. The Morgan fingerprint density at radius 3 is 0.615 bits per heavy atom. The lowest BCUT2D eigenvalue weighted by molar-refractivity contribution is -0.390. The van der Waals surface area contributed by atoms with E-state index in [1.165, 1.54) is 19.6 Å². The zero-order valence-corrected chi connectivity index (χ0v) is 49.9. The van der Waals surface area contributed by atoms with Crippen molar-refractivity contribution < 1.29 is 180 Å². The van der Waals surface area contributed by atoms with Crippen molar-refractivity contribution in [3.8, 4) is 57.5 Å². The Hall–Kier alpha value is -11.3. The molecule has 104 heavy (non-hydrogen) atoms. The Morgan fingerprint density at radius 1 is 0.279 bits per heavy atom. The van der Waals surface area contributed by atoms with Gasteiger partial charge in [0.2, 0.25) is 186 Å². The van der Waals surface area contributed by atoms with E-state index in [9.17, 15) is 161 Å². The smallest absolute Gasteiger partial charge is 0.346 e. The van der Waals surface area contributed by atoms with Crippen molar-refractivity contribution in [2.45, 2.75) is 42.0 Å². The summed E-state index contributed by atoms with van der Waals surface area (Å²) in [6.45, 7) is 12.1. The summed E-state index contributed by atoms with van der Waals surface area (Å²) in [6.07, 6.45) is 0. The van der Waals surface area contributed by atoms with Crippen molar-refractivity contribution >= 4 is 22.7 Å². The van der Waals surface area contributed by atoms with Crippen LogP contribution in [0.15, 0.2) is 0 Å². The quantitative estimate of drug-likeness (QED) is 0.0211. The molecule has 0 spiro atoms. The standard InChI is InChI=1S/C18F12N2O6.C18H4F12N2O2.C8H6F4.C6H2F4O2.C6H15N.CH4/c19-1-6(24)17(37-15-8(26)2(20)13(31(33)34)3(21)9(15)27)12(30)18(7(1)25)38-16-10(28)4(22)14(32(35)36)5(23)11(16)29;19-1-6(24)17(33-15-8(26)2(20)13(31)3(21)9(15)27)12(30)18(7(1)25)34-16-10(28)4(22)14(32)5(23)11(16)29;1-3-5(9)7(11)4(2)8(12)6(3)10;7-1-2(8)5(11)4(10)6(12)3(1)9;1-4-7(5-2)6-3;/h;31-32H2;1-2H3;11-12H;4-6H2,1-3H3;1H4. The van der Waals surface area contributed by atoms with Crippen LogP contribution >= 0.6 is 0 Å². The number of ether oxygens (including phenoxy) is 4. The largest absolute Gasteiger partial charge is 0.503 e. The van der Waals surface area contributed by atoms with Crippen molar-refractivity contribution in [1.29, 1.82) is 0 Å². The van der Waals surface area contributed by atoms with Gasteiger partial charge in [0.1, 0.15) is 11.4 Å². The lowest BCUT2D eigenvalue weighted by Gasteiger charge is -2.16. The van der Waals surface area contributed by atoms with Crippen LogP contribution in [0.3, 0.4) is 0 Å². The van der Waals surface area contributed by atoms with Gasteiger partial charge in [-0.1, -0.05) is 28.2 Å². The fourth-order valence-electron chi connectivity index (χ4n) is 7.22. The van der Waals surface area contributed by atoms with Gasteiger partial charge in [-0.15, -0.1) is 0 Å². The number of phenolic OH excluding ortho intramolecular Hbond substituents is 2. The van der Waals surface area contributed by atoms with Crippen LogP contribution in [0.25, 0.3) is 0 Å². The molecule has 0 aromatic heterocycles. The monoisotopic (exact) mass is 1550 g/mol. The molecule has 0 fully saturated rings. The Bertz CT molecular complexity index is 4140. The maximum absolute atomic E-state index is 14.7. The summed E-state index contributed by atoms with van der Waals surface area (Å²) in [4.78, 5) is 19.6. The molecule has 8 rings (SSSR count). The molecule has 0 aliphatic heterocycles. The van der Waals surface area contributed by atoms with E-state index >= 15 is 0 Å². The van der Waals surface area contributed by atoms with Crippen LogP contribution in [0, 0.1) is 220 Å². The first-order valence-electron chi connectivity index (χ1n) is 26.0. The summed E-state index contributed by atoms with van der Waals surface area (Å²) < 4.78 is 450. The van der Waals surface area contributed by atoms with Crippen LogP contribution in [-0.2, 0) is 0 Å². The fraction of sp³-hybridized carbons (Fsp3) is 0.158. The fourth-order valence-corrected chi connectivity index (χ4v) is 7.22. The number of halogens is 32. The van der Waals surface area contributed by atoms with E-state index in [1.807, 2.05) is 0 Å². The molecule has 0 radical (unpaired) electrons. The van der Waals surface area contributed by atoms with Crippen molar-refractivity contribution in [3.63, 3.8) is 0 Å². The summed E-state index contributed by atoms with van der Waals surface area (Å²) in [6, 6.07) is 0. The molecule has 0 bridgehead atoms. The predicted octanol–water partition coefficient (Wildman–Crippen LogP) is 19.4. The van der Waals surface area contributed by atoms with Crippen molar-refractivity contribution in [2.24, 2.45) is 0 Å². The van der Waals surface area contributed by atoms with Crippen LogP contribution in [0.5, 0.6) is 57.5 Å². The zero-order valence-electron chi connectivity index (χ0n) is 49.9. The van der Waals surface area contributed by atoms with Gasteiger partial charge in [0.25, 0.3) is 0 Å². The number of rotatable bonds is 13. The Kier molecular flexibility index (Phi) is 28.5. The number of phenols is 2. The highest BCUT2D eigenvalue weighted by Gasteiger charge is 2.41.